The highest BCUT2D eigenvalue weighted by atomic mass is 35.5. The molecule has 0 aliphatic heterocycles. The molecule has 0 fully saturated rings. The fourth-order valence-electron chi connectivity index (χ4n) is 2.89. The summed E-state index contributed by atoms with van der Waals surface area (Å²) in [7, 11) is 0.144. The average Bonchev–Trinajstić information content (AvgIpc) is 2.75. The average molecular weight is 492 g/mol. The second-order valence-corrected chi connectivity index (χ2v) is 9.96. The molecule has 0 saturated heterocycles. The molecule has 0 radical (unpaired) electrons. The van der Waals surface area contributed by atoms with Gasteiger partial charge in [-0.2, -0.15) is 0 Å². The van der Waals surface area contributed by atoms with Crippen LogP contribution in [0.2, 0.25) is 10.0 Å². The minimum absolute atomic E-state index is 0.0314. The predicted octanol–water partition coefficient (Wildman–Crippen LogP) is 5.15. The molecule has 1 amide bonds. The van der Waals surface area contributed by atoms with Gasteiger partial charge >= 0.3 is 0 Å². The van der Waals surface area contributed by atoms with Crippen LogP contribution in [0, 0.1) is 0 Å². The van der Waals surface area contributed by atoms with E-state index >= 15 is 0 Å². The van der Waals surface area contributed by atoms with Gasteiger partial charge in [0.15, 0.2) is 0 Å². The van der Waals surface area contributed by atoms with E-state index in [4.69, 9.17) is 23.2 Å². The van der Waals surface area contributed by atoms with Crippen molar-refractivity contribution in [2.45, 2.75) is 11.3 Å². The number of benzene rings is 3. The van der Waals surface area contributed by atoms with Gasteiger partial charge in [-0.15, -0.1) is 0 Å². The van der Waals surface area contributed by atoms with E-state index in [2.05, 4.69) is 14.9 Å². The lowest BCUT2D eigenvalue weighted by Gasteiger charge is -2.11. The maximum atomic E-state index is 12.7. The number of amides is 1. The molecule has 3 aromatic rings. The van der Waals surface area contributed by atoms with Crippen LogP contribution in [0.3, 0.4) is 0 Å². The lowest BCUT2D eigenvalue weighted by molar-refractivity contribution is 0.102. The first-order valence-corrected chi connectivity index (χ1v) is 12.0. The first kappa shape index (κ1) is 24.1. The Balaban J connectivity index is 1.70. The van der Waals surface area contributed by atoms with Gasteiger partial charge in [0.2, 0.25) is 0 Å². The SMILES string of the molecule is CN(C)CCc1ccc(NC(=O)c2cccc(NS(=O)(=O)c3ccc(Cl)c(Cl)c3)c2)cc1. The zero-order valence-corrected chi connectivity index (χ0v) is 19.9. The van der Waals surface area contributed by atoms with E-state index < -0.39 is 10.0 Å². The van der Waals surface area contributed by atoms with Crippen molar-refractivity contribution in [3.8, 4) is 0 Å². The Morgan fingerprint density at radius 1 is 0.906 bits per heavy atom. The van der Waals surface area contributed by atoms with Crippen molar-refractivity contribution < 1.29 is 13.2 Å². The summed E-state index contributed by atoms with van der Waals surface area (Å²) in [5.74, 6) is -0.346. The van der Waals surface area contributed by atoms with Crippen molar-refractivity contribution in [1.82, 2.24) is 4.90 Å². The molecule has 0 aliphatic carbocycles. The zero-order valence-electron chi connectivity index (χ0n) is 17.6. The Bertz CT molecular complexity index is 1210. The van der Waals surface area contributed by atoms with Crippen molar-refractivity contribution in [3.63, 3.8) is 0 Å². The van der Waals surface area contributed by atoms with Crippen molar-refractivity contribution in [3.05, 3.63) is 87.9 Å². The van der Waals surface area contributed by atoms with E-state index in [0.717, 1.165) is 13.0 Å². The number of hydrogen-bond donors (Lipinski definition) is 2. The van der Waals surface area contributed by atoms with E-state index in [1.807, 2.05) is 38.4 Å². The quantitative estimate of drug-likeness (QED) is 0.456. The van der Waals surface area contributed by atoms with Crippen LogP contribution in [-0.4, -0.2) is 39.9 Å². The molecule has 0 heterocycles. The third kappa shape index (κ3) is 6.46. The molecule has 0 atom stereocenters. The molecule has 6 nitrogen and oxygen atoms in total. The van der Waals surface area contributed by atoms with Gasteiger partial charge < -0.3 is 10.2 Å². The van der Waals surface area contributed by atoms with Crippen LogP contribution in [0.25, 0.3) is 0 Å². The monoisotopic (exact) mass is 491 g/mol. The van der Waals surface area contributed by atoms with Gasteiger partial charge in [-0.25, -0.2) is 8.42 Å². The summed E-state index contributed by atoms with van der Waals surface area (Å²) in [6.45, 7) is 0.941. The Hall–Kier alpha value is -2.58. The second-order valence-electron chi connectivity index (χ2n) is 7.47. The summed E-state index contributed by atoms with van der Waals surface area (Å²) in [5.41, 5.74) is 2.40. The molecular weight excluding hydrogens is 469 g/mol. The van der Waals surface area contributed by atoms with Gasteiger partial charge in [-0.3, -0.25) is 9.52 Å². The Kier molecular flexibility index (Phi) is 7.79. The van der Waals surface area contributed by atoms with Crippen molar-refractivity contribution in [1.29, 1.82) is 0 Å². The second kappa shape index (κ2) is 10.4. The normalized spacial score (nSPS) is 11.4. The summed E-state index contributed by atoms with van der Waals surface area (Å²) in [4.78, 5) is 14.7. The van der Waals surface area contributed by atoms with Crippen LogP contribution < -0.4 is 10.0 Å². The third-order valence-electron chi connectivity index (χ3n) is 4.64. The van der Waals surface area contributed by atoms with Gasteiger partial charge in [0.1, 0.15) is 0 Å². The van der Waals surface area contributed by atoms with Crippen molar-refractivity contribution in [2.75, 3.05) is 30.7 Å². The molecule has 32 heavy (non-hydrogen) atoms. The number of rotatable bonds is 8. The van der Waals surface area contributed by atoms with Crippen LogP contribution in [-0.2, 0) is 16.4 Å². The minimum atomic E-state index is -3.90. The molecule has 0 unspecified atom stereocenters. The fraction of sp³-hybridized carbons (Fsp3) is 0.174. The maximum absolute atomic E-state index is 12.7. The maximum Gasteiger partial charge on any atom is 0.261 e. The van der Waals surface area contributed by atoms with Crippen molar-refractivity contribution >= 4 is 50.5 Å². The number of likely N-dealkylation sites (N-methyl/N-ethyl adjacent to an activating group) is 1. The molecule has 0 aromatic heterocycles. The van der Waals surface area contributed by atoms with Crippen LogP contribution in [0.15, 0.2) is 71.6 Å². The van der Waals surface area contributed by atoms with E-state index in [-0.39, 0.29) is 26.5 Å². The van der Waals surface area contributed by atoms with Gasteiger partial charge in [-0.1, -0.05) is 41.4 Å². The first-order valence-electron chi connectivity index (χ1n) is 9.77. The molecular formula is C23H23Cl2N3O3S. The molecule has 168 valence electrons. The standard InChI is InChI=1S/C23H23Cl2N3O3S/c1-28(2)13-12-16-6-8-18(9-7-16)26-23(29)17-4-3-5-19(14-17)27-32(30,31)20-10-11-21(24)22(25)15-20/h3-11,14-15,27H,12-13H2,1-2H3,(H,26,29). The van der Waals surface area contributed by atoms with Crippen molar-refractivity contribution in [2.24, 2.45) is 0 Å². The van der Waals surface area contributed by atoms with E-state index in [1.165, 1.54) is 29.8 Å². The summed E-state index contributed by atoms with van der Waals surface area (Å²) in [6.07, 6.45) is 0.919. The molecule has 0 aliphatic rings. The predicted molar refractivity (Wildman–Crippen MR) is 130 cm³/mol. The van der Waals surface area contributed by atoms with Crippen LogP contribution in [0.1, 0.15) is 15.9 Å². The minimum Gasteiger partial charge on any atom is -0.322 e. The molecule has 0 saturated carbocycles. The fourth-order valence-corrected chi connectivity index (χ4v) is 4.33. The summed E-state index contributed by atoms with van der Waals surface area (Å²) >= 11 is 11.8. The highest BCUT2D eigenvalue weighted by Gasteiger charge is 2.17. The van der Waals surface area contributed by atoms with Crippen LogP contribution in [0.4, 0.5) is 11.4 Å². The van der Waals surface area contributed by atoms with E-state index in [9.17, 15) is 13.2 Å². The molecule has 2 N–H and O–H groups in total. The zero-order chi connectivity index (χ0) is 23.3. The van der Waals surface area contributed by atoms with Crippen LogP contribution >= 0.6 is 23.2 Å². The molecule has 3 rings (SSSR count). The molecule has 9 heteroatoms. The third-order valence-corrected chi connectivity index (χ3v) is 6.76. The van der Waals surface area contributed by atoms with E-state index in [0.29, 0.717) is 11.3 Å². The van der Waals surface area contributed by atoms with Crippen LogP contribution in [0.5, 0.6) is 0 Å². The molecule has 0 bridgehead atoms. The highest BCUT2D eigenvalue weighted by Crippen LogP contribution is 2.26. The summed E-state index contributed by atoms with van der Waals surface area (Å²) in [5, 5.41) is 3.22. The first-order chi connectivity index (χ1) is 15.1. The van der Waals surface area contributed by atoms with Gasteiger partial charge in [0, 0.05) is 23.5 Å². The summed E-state index contributed by atoms with van der Waals surface area (Å²) in [6, 6.07) is 17.9. The molecule has 0 spiro atoms. The number of nitrogens with one attached hydrogen (secondary N) is 2. The molecule has 3 aromatic carbocycles. The lowest BCUT2D eigenvalue weighted by atomic mass is 10.1. The summed E-state index contributed by atoms with van der Waals surface area (Å²) < 4.78 is 27.8. The van der Waals surface area contributed by atoms with E-state index in [1.54, 1.807) is 18.2 Å². The smallest absolute Gasteiger partial charge is 0.261 e. The number of halogens is 2. The number of carbonyl (C=O) groups is 1. The van der Waals surface area contributed by atoms with Gasteiger partial charge in [0.05, 0.1) is 14.9 Å². The largest absolute Gasteiger partial charge is 0.322 e. The van der Waals surface area contributed by atoms with Gasteiger partial charge in [0.25, 0.3) is 15.9 Å². The number of sulfonamides is 1. The number of nitrogens with zero attached hydrogens (tertiary/aromatic N) is 1. The Labute approximate surface area is 198 Å². The number of hydrogen-bond acceptors (Lipinski definition) is 4. The number of anilines is 2. The topological polar surface area (TPSA) is 78.5 Å². The highest BCUT2D eigenvalue weighted by molar-refractivity contribution is 7.92. The Morgan fingerprint density at radius 3 is 2.28 bits per heavy atom. The van der Waals surface area contributed by atoms with Gasteiger partial charge in [-0.05, 0) is 74.6 Å². The number of carbonyl (C=O) groups excluding carboxylic acids is 1. The Morgan fingerprint density at radius 2 is 1.62 bits per heavy atom. The lowest BCUT2D eigenvalue weighted by Crippen LogP contribution is -2.16.